The number of para-hydroxylation sites is 2. The van der Waals surface area contributed by atoms with E-state index in [1.54, 1.807) is 17.0 Å². The zero-order chi connectivity index (χ0) is 18.7. The summed E-state index contributed by atoms with van der Waals surface area (Å²) in [6, 6.07) is 7.18. The van der Waals surface area contributed by atoms with E-state index in [9.17, 15) is 9.90 Å². The molecular formula is C20H28N2O4. The number of β-amino-alcohol motifs (C(OH)–C–C–N with tert-alkyl or cyclic N) is 1. The fourth-order valence-electron chi connectivity index (χ4n) is 3.05. The summed E-state index contributed by atoms with van der Waals surface area (Å²) in [5.41, 5.74) is -0.161. The van der Waals surface area contributed by atoms with E-state index in [0.29, 0.717) is 24.6 Å². The van der Waals surface area contributed by atoms with Crippen LogP contribution < -0.4 is 14.8 Å². The minimum absolute atomic E-state index is 0.0915. The second-order valence-electron chi connectivity index (χ2n) is 7.84. The quantitative estimate of drug-likeness (QED) is 0.863. The molecule has 2 aliphatic heterocycles. The summed E-state index contributed by atoms with van der Waals surface area (Å²) < 4.78 is 11.8. The number of piperidine rings is 1. The smallest absolute Gasteiger partial charge is 0.293 e. The van der Waals surface area contributed by atoms with Crippen LogP contribution in [0.2, 0.25) is 0 Å². The number of carbonyl (C=O) groups is 1. The van der Waals surface area contributed by atoms with E-state index in [2.05, 4.69) is 5.32 Å². The van der Waals surface area contributed by atoms with Gasteiger partial charge in [0.1, 0.15) is 6.10 Å². The Kier molecular flexibility index (Phi) is 5.53. The molecule has 1 atom stereocenters. The van der Waals surface area contributed by atoms with Crippen LogP contribution >= 0.6 is 0 Å². The monoisotopic (exact) mass is 360 g/mol. The van der Waals surface area contributed by atoms with Gasteiger partial charge in [-0.15, -0.1) is 0 Å². The van der Waals surface area contributed by atoms with Crippen LogP contribution in [0.1, 0.15) is 40.0 Å². The summed E-state index contributed by atoms with van der Waals surface area (Å²) in [4.78, 5) is 14.8. The van der Waals surface area contributed by atoms with E-state index in [0.717, 1.165) is 19.3 Å². The van der Waals surface area contributed by atoms with Gasteiger partial charge < -0.3 is 24.8 Å². The van der Waals surface area contributed by atoms with Crippen LogP contribution in [0.15, 0.2) is 35.8 Å². The number of rotatable bonds is 4. The molecule has 142 valence electrons. The maximum Gasteiger partial charge on any atom is 0.293 e. The molecule has 2 N–H and O–H groups in total. The summed E-state index contributed by atoms with van der Waals surface area (Å²) in [5, 5.41) is 13.9. The molecule has 0 bridgehead atoms. The van der Waals surface area contributed by atoms with Crippen LogP contribution in [-0.2, 0) is 4.79 Å². The summed E-state index contributed by atoms with van der Waals surface area (Å²) in [6.07, 6.45) is 2.12. The number of hydrogen-bond donors (Lipinski definition) is 2. The van der Waals surface area contributed by atoms with Crippen LogP contribution in [0.25, 0.3) is 0 Å². The molecule has 1 aromatic carbocycles. The molecule has 0 aliphatic carbocycles. The SMILES string of the molecule is CC(C)(C)NCC(O)C1=C(C(=O)N2CCCCC2)Oc2ccccc2O1. The maximum atomic E-state index is 13.0. The zero-order valence-corrected chi connectivity index (χ0v) is 15.7. The number of hydrogen-bond acceptors (Lipinski definition) is 5. The second kappa shape index (κ2) is 7.68. The summed E-state index contributed by atoms with van der Waals surface area (Å²) in [5.74, 6) is 1.05. The van der Waals surface area contributed by atoms with Crippen LogP contribution in [0.5, 0.6) is 11.5 Å². The van der Waals surface area contributed by atoms with Crippen molar-refractivity contribution in [1.29, 1.82) is 0 Å². The minimum atomic E-state index is -0.980. The highest BCUT2D eigenvalue weighted by Crippen LogP contribution is 2.36. The molecule has 0 radical (unpaired) electrons. The summed E-state index contributed by atoms with van der Waals surface area (Å²) >= 11 is 0. The molecule has 26 heavy (non-hydrogen) atoms. The Morgan fingerprint density at radius 1 is 1.15 bits per heavy atom. The lowest BCUT2D eigenvalue weighted by molar-refractivity contribution is -0.131. The number of carbonyl (C=O) groups excluding carboxylic acids is 1. The van der Waals surface area contributed by atoms with Crippen molar-refractivity contribution in [3.63, 3.8) is 0 Å². The van der Waals surface area contributed by atoms with Crippen molar-refractivity contribution in [3.05, 3.63) is 35.8 Å². The standard InChI is InChI=1S/C20H28N2O4/c1-20(2,3)21-13-14(23)17-18(19(24)22-11-7-4-8-12-22)26-16-10-6-5-9-15(16)25-17/h5-6,9-10,14,21,23H,4,7-8,11-13H2,1-3H3. The van der Waals surface area contributed by atoms with Gasteiger partial charge in [0.25, 0.3) is 5.91 Å². The van der Waals surface area contributed by atoms with Crippen molar-refractivity contribution in [2.45, 2.75) is 51.7 Å². The van der Waals surface area contributed by atoms with Crippen molar-refractivity contribution in [2.24, 2.45) is 0 Å². The molecule has 6 heteroatoms. The number of fused-ring (bicyclic) bond motifs is 1. The van der Waals surface area contributed by atoms with Crippen molar-refractivity contribution < 1.29 is 19.4 Å². The maximum absolute atomic E-state index is 13.0. The third-order valence-corrected chi connectivity index (χ3v) is 4.47. The molecule has 6 nitrogen and oxygen atoms in total. The molecule has 1 unspecified atom stereocenters. The molecule has 1 fully saturated rings. The Labute approximate surface area is 154 Å². The average molecular weight is 360 g/mol. The first-order valence-corrected chi connectivity index (χ1v) is 9.26. The number of nitrogens with one attached hydrogen (secondary N) is 1. The fraction of sp³-hybridized carbons (Fsp3) is 0.550. The normalized spacial score (nSPS) is 18.7. The van der Waals surface area contributed by atoms with E-state index >= 15 is 0 Å². The number of benzene rings is 1. The van der Waals surface area contributed by atoms with Gasteiger partial charge in [-0.2, -0.15) is 0 Å². The Morgan fingerprint density at radius 2 is 1.77 bits per heavy atom. The molecule has 3 rings (SSSR count). The summed E-state index contributed by atoms with van der Waals surface area (Å²) in [7, 11) is 0. The topological polar surface area (TPSA) is 71.0 Å². The van der Waals surface area contributed by atoms with Crippen LogP contribution in [0, 0.1) is 0 Å². The summed E-state index contributed by atoms with van der Waals surface area (Å²) in [6.45, 7) is 7.72. The first-order chi connectivity index (χ1) is 12.3. The molecule has 2 heterocycles. The first-order valence-electron chi connectivity index (χ1n) is 9.26. The van der Waals surface area contributed by atoms with Crippen LogP contribution in [-0.4, -0.2) is 47.2 Å². The highest BCUT2D eigenvalue weighted by molar-refractivity contribution is 5.93. The Hall–Kier alpha value is -2.05. The van der Waals surface area contributed by atoms with Gasteiger partial charge in [0.15, 0.2) is 17.3 Å². The molecule has 2 aliphatic rings. The average Bonchev–Trinajstić information content (AvgIpc) is 2.64. The Morgan fingerprint density at radius 3 is 2.38 bits per heavy atom. The molecule has 1 saturated heterocycles. The predicted molar refractivity (Wildman–Crippen MR) is 98.9 cm³/mol. The fourth-order valence-corrected chi connectivity index (χ4v) is 3.05. The number of ether oxygens (including phenoxy) is 2. The number of nitrogens with zero attached hydrogens (tertiary/aromatic N) is 1. The van der Waals surface area contributed by atoms with Crippen LogP contribution in [0.4, 0.5) is 0 Å². The van der Waals surface area contributed by atoms with Crippen molar-refractivity contribution in [1.82, 2.24) is 10.2 Å². The highest BCUT2D eigenvalue weighted by Gasteiger charge is 2.34. The lowest BCUT2D eigenvalue weighted by atomic mass is 10.1. The molecule has 0 aromatic heterocycles. The molecular weight excluding hydrogens is 332 g/mol. The van der Waals surface area contributed by atoms with E-state index in [4.69, 9.17) is 9.47 Å². The van der Waals surface area contributed by atoms with Gasteiger partial charge in [-0.1, -0.05) is 12.1 Å². The lowest BCUT2D eigenvalue weighted by Crippen LogP contribution is -2.44. The minimum Gasteiger partial charge on any atom is -0.451 e. The first kappa shape index (κ1) is 18.7. The largest absolute Gasteiger partial charge is 0.451 e. The van der Waals surface area contributed by atoms with Gasteiger partial charge in [0, 0.05) is 25.2 Å². The predicted octanol–water partition coefficient (Wildman–Crippen LogP) is 2.43. The van der Waals surface area contributed by atoms with Gasteiger partial charge in [-0.25, -0.2) is 0 Å². The third kappa shape index (κ3) is 4.37. The lowest BCUT2D eigenvalue weighted by Gasteiger charge is -2.31. The molecule has 1 amide bonds. The number of aliphatic hydroxyl groups excluding tert-OH is 1. The Balaban J connectivity index is 1.87. The van der Waals surface area contributed by atoms with Gasteiger partial charge in [0.2, 0.25) is 5.76 Å². The van der Waals surface area contributed by atoms with Crippen molar-refractivity contribution in [2.75, 3.05) is 19.6 Å². The van der Waals surface area contributed by atoms with E-state index < -0.39 is 6.10 Å². The van der Waals surface area contributed by atoms with Gasteiger partial charge in [0.05, 0.1) is 0 Å². The van der Waals surface area contributed by atoms with E-state index in [1.165, 1.54) is 0 Å². The zero-order valence-electron chi connectivity index (χ0n) is 15.7. The van der Waals surface area contributed by atoms with Crippen molar-refractivity contribution >= 4 is 5.91 Å². The third-order valence-electron chi connectivity index (χ3n) is 4.47. The second-order valence-corrected chi connectivity index (χ2v) is 7.84. The van der Waals surface area contributed by atoms with Gasteiger partial charge in [-0.3, -0.25) is 4.79 Å². The number of aliphatic hydroxyl groups is 1. The highest BCUT2D eigenvalue weighted by atomic mass is 16.6. The molecule has 1 aromatic rings. The Bertz CT molecular complexity index is 687. The van der Waals surface area contributed by atoms with E-state index in [1.807, 2.05) is 32.9 Å². The molecule has 0 saturated carbocycles. The van der Waals surface area contributed by atoms with Crippen molar-refractivity contribution in [3.8, 4) is 11.5 Å². The van der Waals surface area contributed by atoms with E-state index in [-0.39, 0.29) is 29.5 Å². The number of likely N-dealkylation sites (tertiary alicyclic amines) is 1. The van der Waals surface area contributed by atoms with Gasteiger partial charge >= 0.3 is 0 Å². The van der Waals surface area contributed by atoms with Gasteiger partial charge in [-0.05, 0) is 52.2 Å². The van der Waals surface area contributed by atoms with Crippen LogP contribution in [0.3, 0.4) is 0 Å². The molecule has 0 spiro atoms. The number of amides is 1.